The highest BCUT2D eigenvalue weighted by atomic mass is 79.9. The lowest BCUT2D eigenvalue weighted by atomic mass is 9.95. The van der Waals surface area contributed by atoms with E-state index in [-0.39, 0.29) is 0 Å². The molecular formula is C16H26BrNO2. The van der Waals surface area contributed by atoms with Gasteiger partial charge in [-0.1, -0.05) is 19.4 Å². The third-order valence-corrected chi connectivity index (χ3v) is 3.97. The second kappa shape index (κ2) is 10.2. The van der Waals surface area contributed by atoms with Crippen molar-refractivity contribution in [2.24, 2.45) is 5.92 Å². The SMILES string of the molecule is CCCC(CNCCOC)Cc1ccc(OC)c(Br)c1. The summed E-state index contributed by atoms with van der Waals surface area (Å²) in [7, 11) is 3.43. The zero-order chi connectivity index (χ0) is 14.8. The van der Waals surface area contributed by atoms with Gasteiger partial charge in [-0.05, 0) is 58.9 Å². The van der Waals surface area contributed by atoms with Crippen molar-refractivity contribution in [3.05, 3.63) is 28.2 Å². The Hall–Kier alpha value is -0.580. The van der Waals surface area contributed by atoms with Gasteiger partial charge in [-0.2, -0.15) is 0 Å². The predicted octanol–water partition coefficient (Wildman–Crippen LogP) is 3.65. The molecule has 1 aromatic rings. The summed E-state index contributed by atoms with van der Waals surface area (Å²) in [6, 6.07) is 6.35. The molecule has 20 heavy (non-hydrogen) atoms. The summed E-state index contributed by atoms with van der Waals surface area (Å²) in [4.78, 5) is 0. The van der Waals surface area contributed by atoms with Crippen LogP contribution in [0.4, 0.5) is 0 Å². The topological polar surface area (TPSA) is 30.5 Å². The molecular weight excluding hydrogens is 318 g/mol. The van der Waals surface area contributed by atoms with E-state index in [2.05, 4.69) is 40.3 Å². The number of ether oxygens (including phenoxy) is 2. The van der Waals surface area contributed by atoms with Crippen molar-refractivity contribution in [3.8, 4) is 5.75 Å². The average molecular weight is 344 g/mol. The molecule has 4 heteroatoms. The Labute approximate surface area is 131 Å². The van der Waals surface area contributed by atoms with Crippen LogP contribution in [0.1, 0.15) is 25.3 Å². The molecule has 1 unspecified atom stereocenters. The first-order valence-electron chi connectivity index (χ1n) is 7.23. The maximum absolute atomic E-state index is 5.27. The van der Waals surface area contributed by atoms with Gasteiger partial charge in [-0.25, -0.2) is 0 Å². The highest BCUT2D eigenvalue weighted by molar-refractivity contribution is 9.10. The van der Waals surface area contributed by atoms with E-state index >= 15 is 0 Å². The van der Waals surface area contributed by atoms with E-state index < -0.39 is 0 Å². The second-order valence-electron chi connectivity index (χ2n) is 5.02. The molecule has 0 spiro atoms. The van der Waals surface area contributed by atoms with Gasteiger partial charge >= 0.3 is 0 Å². The normalized spacial score (nSPS) is 12.4. The monoisotopic (exact) mass is 343 g/mol. The first-order chi connectivity index (χ1) is 9.71. The third-order valence-electron chi connectivity index (χ3n) is 3.35. The van der Waals surface area contributed by atoms with Gasteiger partial charge in [-0.15, -0.1) is 0 Å². The van der Waals surface area contributed by atoms with Crippen molar-refractivity contribution in [1.82, 2.24) is 5.32 Å². The standard InChI is InChI=1S/C16H26BrNO2/c1-4-5-14(12-18-8-9-19-2)10-13-6-7-16(20-3)15(17)11-13/h6-7,11,14,18H,4-5,8-10,12H2,1-3H3. The van der Waals surface area contributed by atoms with Crippen LogP contribution < -0.4 is 10.1 Å². The molecule has 3 nitrogen and oxygen atoms in total. The average Bonchev–Trinajstić information content (AvgIpc) is 2.44. The Morgan fingerprint density at radius 1 is 1.30 bits per heavy atom. The number of hydrogen-bond donors (Lipinski definition) is 1. The summed E-state index contributed by atoms with van der Waals surface area (Å²) in [5.74, 6) is 1.55. The van der Waals surface area contributed by atoms with E-state index in [1.807, 2.05) is 6.07 Å². The minimum Gasteiger partial charge on any atom is -0.496 e. The van der Waals surface area contributed by atoms with E-state index in [0.29, 0.717) is 5.92 Å². The van der Waals surface area contributed by atoms with Gasteiger partial charge in [0, 0.05) is 13.7 Å². The summed E-state index contributed by atoms with van der Waals surface area (Å²) >= 11 is 3.55. The fourth-order valence-electron chi connectivity index (χ4n) is 2.34. The first kappa shape index (κ1) is 17.5. The van der Waals surface area contributed by atoms with Gasteiger partial charge in [0.25, 0.3) is 0 Å². The third kappa shape index (κ3) is 6.25. The highest BCUT2D eigenvalue weighted by Crippen LogP contribution is 2.27. The minimum absolute atomic E-state index is 0.664. The van der Waals surface area contributed by atoms with Gasteiger partial charge in [-0.3, -0.25) is 0 Å². The van der Waals surface area contributed by atoms with Gasteiger partial charge in [0.1, 0.15) is 5.75 Å². The van der Waals surface area contributed by atoms with Crippen LogP contribution in [0, 0.1) is 5.92 Å². The molecule has 0 aliphatic carbocycles. The number of rotatable bonds is 10. The van der Waals surface area contributed by atoms with Gasteiger partial charge in [0.2, 0.25) is 0 Å². The summed E-state index contributed by atoms with van der Waals surface area (Å²) in [6.07, 6.45) is 3.55. The van der Waals surface area contributed by atoms with Crippen LogP contribution >= 0.6 is 15.9 Å². The molecule has 0 heterocycles. The Kier molecular flexibility index (Phi) is 8.90. The second-order valence-corrected chi connectivity index (χ2v) is 5.88. The van der Waals surface area contributed by atoms with Crippen LogP contribution in [0.2, 0.25) is 0 Å². The molecule has 1 rings (SSSR count). The van der Waals surface area contributed by atoms with Crippen LogP contribution in [0.25, 0.3) is 0 Å². The largest absolute Gasteiger partial charge is 0.496 e. The first-order valence-corrected chi connectivity index (χ1v) is 8.02. The van der Waals surface area contributed by atoms with E-state index in [1.165, 1.54) is 18.4 Å². The maximum Gasteiger partial charge on any atom is 0.133 e. The number of hydrogen-bond acceptors (Lipinski definition) is 3. The van der Waals surface area contributed by atoms with Crippen molar-refractivity contribution < 1.29 is 9.47 Å². The minimum atomic E-state index is 0.664. The fraction of sp³-hybridized carbons (Fsp3) is 0.625. The summed E-state index contributed by atoms with van der Waals surface area (Å²) in [5.41, 5.74) is 1.35. The van der Waals surface area contributed by atoms with E-state index in [4.69, 9.17) is 9.47 Å². The van der Waals surface area contributed by atoms with Gasteiger partial charge < -0.3 is 14.8 Å². The van der Waals surface area contributed by atoms with Crippen LogP contribution in [-0.2, 0) is 11.2 Å². The Balaban J connectivity index is 2.53. The molecule has 0 fully saturated rings. The Morgan fingerprint density at radius 2 is 2.10 bits per heavy atom. The molecule has 1 atom stereocenters. The lowest BCUT2D eigenvalue weighted by Crippen LogP contribution is -2.27. The van der Waals surface area contributed by atoms with Crippen LogP contribution in [0.15, 0.2) is 22.7 Å². The lowest BCUT2D eigenvalue weighted by Gasteiger charge is -2.17. The van der Waals surface area contributed by atoms with Crippen molar-refractivity contribution in [2.45, 2.75) is 26.2 Å². The summed E-state index contributed by atoms with van der Waals surface area (Å²) in [5, 5.41) is 3.47. The number of methoxy groups -OCH3 is 2. The molecule has 114 valence electrons. The molecule has 1 aromatic carbocycles. The number of halogens is 1. The summed E-state index contributed by atoms with van der Waals surface area (Å²) in [6.45, 7) is 4.98. The molecule has 0 aliphatic heterocycles. The molecule has 0 aromatic heterocycles. The highest BCUT2D eigenvalue weighted by Gasteiger charge is 2.10. The van der Waals surface area contributed by atoms with Crippen molar-refractivity contribution in [2.75, 3.05) is 33.9 Å². The fourth-order valence-corrected chi connectivity index (χ4v) is 2.92. The van der Waals surface area contributed by atoms with E-state index in [1.54, 1.807) is 14.2 Å². The molecule has 0 aliphatic rings. The summed E-state index contributed by atoms with van der Waals surface area (Å²) < 4.78 is 11.4. The molecule has 0 amide bonds. The van der Waals surface area contributed by atoms with E-state index in [0.717, 1.165) is 36.3 Å². The molecule has 1 N–H and O–H groups in total. The smallest absolute Gasteiger partial charge is 0.133 e. The molecule has 0 saturated heterocycles. The Morgan fingerprint density at radius 3 is 2.70 bits per heavy atom. The van der Waals surface area contributed by atoms with Crippen molar-refractivity contribution in [1.29, 1.82) is 0 Å². The van der Waals surface area contributed by atoms with E-state index in [9.17, 15) is 0 Å². The van der Waals surface area contributed by atoms with Crippen LogP contribution in [0.3, 0.4) is 0 Å². The predicted molar refractivity (Wildman–Crippen MR) is 87.5 cm³/mol. The van der Waals surface area contributed by atoms with Gasteiger partial charge in [0.05, 0.1) is 18.2 Å². The zero-order valence-corrected chi connectivity index (χ0v) is 14.3. The number of benzene rings is 1. The van der Waals surface area contributed by atoms with Gasteiger partial charge in [0.15, 0.2) is 0 Å². The van der Waals surface area contributed by atoms with Crippen LogP contribution in [0.5, 0.6) is 5.75 Å². The zero-order valence-electron chi connectivity index (χ0n) is 12.7. The lowest BCUT2D eigenvalue weighted by molar-refractivity contribution is 0.197. The molecule has 0 radical (unpaired) electrons. The quantitative estimate of drug-likeness (QED) is 0.657. The van der Waals surface area contributed by atoms with Crippen molar-refractivity contribution in [3.63, 3.8) is 0 Å². The maximum atomic E-state index is 5.27. The number of nitrogens with one attached hydrogen (secondary N) is 1. The van der Waals surface area contributed by atoms with Crippen molar-refractivity contribution >= 4 is 15.9 Å². The molecule has 0 bridgehead atoms. The van der Waals surface area contributed by atoms with Crippen LogP contribution in [-0.4, -0.2) is 33.9 Å². The Bertz CT molecular complexity index is 385. The molecule has 0 saturated carbocycles.